The van der Waals surface area contributed by atoms with Crippen LogP contribution in [0.25, 0.3) is 11.2 Å². The second-order valence-electron chi connectivity index (χ2n) is 5.55. The fourth-order valence-corrected chi connectivity index (χ4v) is 2.66. The molecule has 0 aromatic carbocycles. The van der Waals surface area contributed by atoms with Crippen molar-refractivity contribution in [3.8, 4) is 0 Å². The van der Waals surface area contributed by atoms with E-state index in [1.165, 1.54) is 18.0 Å². The van der Waals surface area contributed by atoms with Crippen LogP contribution in [0.2, 0.25) is 0 Å². The van der Waals surface area contributed by atoms with Gasteiger partial charge in [0.05, 0.1) is 12.9 Å². The summed E-state index contributed by atoms with van der Waals surface area (Å²) >= 11 is 0. The number of hydrogen-bond donors (Lipinski definition) is 3. The number of rotatable bonds is 4. The molecule has 1 fully saturated rings. The molecule has 3 N–H and O–H groups in total. The van der Waals surface area contributed by atoms with Gasteiger partial charge in [0.1, 0.15) is 18.3 Å². The zero-order chi connectivity index (χ0) is 16.7. The van der Waals surface area contributed by atoms with Crippen LogP contribution < -0.4 is 10.5 Å². The number of aliphatic hydroxyl groups is 2. The average Bonchev–Trinajstić information content (AvgIpc) is 3.07. The standard InChI is InChI=1S/C13H19N5O5/c1-17(2)13-15-10-7(11(21)16-13)14-5-18(10)12-9(22-3)8(20)6(4-19)23-12/h5-6,8-9,12,19-20H,4H2,1-3H3,(H,15,16,21). The molecule has 1 aliphatic heterocycles. The van der Waals surface area contributed by atoms with Crippen LogP contribution in [0.5, 0.6) is 0 Å². The van der Waals surface area contributed by atoms with Crippen LogP contribution in [0.4, 0.5) is 5.95 Å². The average molecular weight is 325 g/mol. The summed E-state index contributed by atoms with van der Waals surface area (Å²) in [6.07, 6.45) is -1.83. The topological polar surface area (TPSA) is 126 Å². The number of fused-ring (bicyclic) bond motifs is 1. The molecule has 0 radical (unpaired) electrons. The molecule has 3 rings (SSSR count). The van der Waals surface area contributed by atoms with Crippen LogP contribution in [-0.2, 0) is 9.47 Å². The number of imidazole rings is 1. The minimum Gasteiger partial charge on any atom is -0.394 e. The van der Waals surface area contributed by atoms with Gasteiger partial charge in [0, 0.05) is 21.2 Å². The molecule has 0 aliphatic carbocycles. The Balaban J connectivity index is 2.11. The second-order valence-corrected chi connectivity index (χ2v) is 5.55. The molecular formula is C13H19N5O5. The van der Waals surface area contributed by atoms with E-state index >= 15 is 0 Å². The molecule has 2 aromatic heterocycles. The molecule has 0 bridgehead atoms. The summed E-state index contributed by atoms with van der Waals surface area (Å²) in [6, 6.07) is 0. The monoisotopic (exact) mass is 325 g/mol. The highest BCUT2D eigenvalue weighted by Crippen LogP contribution is 2.32. The highest BCUT2D eigenvalue weighted by Gasteiger charge is 2.45. The van der Waals surface area contributed by atoms with Crippen molar-refractivity contribution in [2.24, 2.45) is 0 Å². The normalized spacial score (nSPS) is 27.7. The summed E-state index contributed by atoms with van der Waals surface area (Å²) in [4.78, 5) is 24.8. The molecule has 10 nitrogen and oxygen atoms in total. The highest BCUT2D eigenvalue weighted by atomic mass is 16.6. The summed E-state index contributed by atoms with van der Waals surface area (Å²) < 4.78 is 12.5. The van der Waals surface area contributed by atoms with Crippen LogP contribution in [-0.4, -0.2) is 75.9 Å². The maximum Gasteiger partial charge on any atom is 0.280 e. The number of methoxy groups -OCH3 is 1. The first-order valence-corrected chi connectivity index (χ1v) is 7.09. The lowest BCUT2D eigenvalue weighted by molar-refractivity contribution is -0.0583. The number of anilines is 1. The van der Waals surface area contributed by atoms with Crippen molar-refractivity contribution >= 4 is 17.1 Å². The number of ether oxygens (including phenoxy) is 2. The quantitative estimate of drug-likeness (QED) is 0.617. The SMILES string of the molecule is COC1C(O)C(CO)OC1n1cnc2c(=O)[nH]c(N(C)C)nc21. The Hall–Kier alpha value is -2.01. The number of aliphatic hydroxyl groups excluding tert-OH is 2. The van der Waals surface area contributed by atoms with Gasteiger partial charge in [-0.25, -0.2) is 4.98 Å². The molecular weight excluding hydrogens is 306 g/mol. The lowest BCUT2D eigenvalue weighted by Gasteiger charge is -2.20. The van der Waals surface area contributed by atoms with Crippen molar-refractivity contribution in [2.45, 2.75) is 24.5 Å². The van der Waals surface area contributed by atoms with Crippen LogP contribution in [0, 0.1) is 0 Å². The molecule has 1 aliphatic rings. The third-order valence-electron chi connectivity index (χ3n) is 3.88. The van der Waals surface area contributed by atoms with Crippen molar-refractivity contribution < 1.29 is 19.7 Å². The smallest absolute Gasteiger partial charge is 0.280 e. The third-order valence-corrected chi connectivity index (χ3v) is 3.88. The van der Waals surface area contributed by atoms with E-state index in [0.717, 1.165) is 0 Å². The zero-order valence-electron chi connectivity index (χ0n) is 13.0. The molecule has 10 heteroatoms. The number of nitrogens with one attached hydrogen (secondary N) is 1. The van der Waals surface area contributed by atoms with E-state index in [-0.39, 0.29) is 17.7 Å². The molecule has 0 saturated carbocycles. The number of H-pyrrole nitrogens is 1. The third kappa shape index (κ3) is 2.49. The van der Waals surface area contributed by atoms with Crippen molar-refractivity contribution in [2.75, 3.05) is 32.7 Å². The summed E-state index contributed by atoms with van der Waals surface area (Å²) in [6.45, 7) is -0.346. The molecule has 1 saturated heterocycles. The van der Waals surface area contributed by atoms with Crippen molar-refractivity contribution in [1.82, 2.24) is 19.5 Å². The predicted molar refractivity (Wildman–Crippen MR) is 80.3 cm³/mol. The van der Waals surface area contributed by atoms with Gasteiger partial charge in [-0.1, -0.05) is 0 Å². The van der Waals surface area contributed by atoms with Crippen molar-refractivity contribution in [3.63, 3.8) is 0 Å². The maximum atomic E-state index is 12.1. The molecule has 0 amide bonds. The van der Waals surface area contributed by atoms with Crippen molar-refractivity contribution in [1.29, 1.82) is 0 Å². The molecule has 3 heterocycles. The van der Waals surface area contributed by atoms with Gasteiger partial charge in [-0.2, -0.15) is 4.98 Å². The van der Waals surface area contributed by atoms with Gasteiger partial charge >= 0.3 is 0 Å². The Morgan fingerprint density at radius 1 is 1.52 bits per heavy atom. The van der Waals surface area contributed by atoms with E-state index < -0.39 is 24.5 Å². The van der Waals surface area contributed by atoms with E-state index in [1.807, 2.05) is 0 Å². The van der Waals surface area contributed by atoms with Gasteiger partial charge in [0.25, 0.3) is 5.56 Å². The Kier molecular flexibility index (Phi) is 4.06. The number of aromatic amines is 1. The van der Waals surface area contributed by atoms with Gasteiger partial charge in [-0.05, 0) is 0 Å². The number of nitrogens with zero attached hydrogens (tertiary/aromatic N) is 4. The fourth-order valence-electron chi connectivity index (χ4n) is 2.66. The van der Waals surface area contributed by atoms with E-state index in [2.05, 4.69) is 15.0 Å². The molecule has 126 valence electrons. The Morgan fingerprint density at radius 3 is 2.87 bits per heavy atom. The first-order chi connectivity index (χ1) is 11.0. The Morgan fingerprint density at radius 2 is 2.26 bits per heavy atom. The minimum atomic E-state index is -0.997. The van der Waals surface area contributed by atoms with Gasteiger partial charge in [-0.3, -0.25) is 14.3 Å². The Labute approximate surface area is 131 Å². The predicted octanol–water partition coefficient (Wildman–Crippen LogP) is -1.55. The van der Waals surface area contributed by atoms with Crippen molar-refractivity contribution in [3.05, 3.63) is 16.7 Å². The molecule has 0 spiro atoms. The lowest BCUT2D eigenvalue weighted by atomic mass is 10.1. The lowest BCUT2D eigenvalue weighted by Crippen LogP contribution is -2.34. The largest absolute Gasteiger partial charge is 0.394 e. The molecule has 2 aromatic rings. The summed E-state index contributed by atoms with van der Waals surface area (Å²) in [7, 11) is 4.94. The van der Waals surface area contributed by atoms with Crippen LogP contribution >= 0.6 is 0 Å². The highest BCUT2D eigenvalue weighted by molar-refractivity contribution is 5.71. The minimum absolute atomic E-state index is 0.163. The van der Waals surface area contributed by atoms with Gasteiger partial charge in [0.2, 0.25) is 5.95 Å². The maximum absolute atomic E-state index is 12.1. The second kappa shape index (κ2) is 5.89. The molecule has 4 unspecified atom stereocenters. The number of hydrogen-bond acceptors (Lipinski definition) is 8. The van der Waals surface area contributed by atoms with Crippen LogP contribution in [0.1, 0.15) is 6.23 Å². The first-order valence-electron chi connectivity index (χ1n) is 7.09. The van der Waals surface area contributed by atoms with Gasteiger partial charge < -0.3 is 24.6 Å². The van der Waals surface area contributed by atoms with E-state index in [0.29, 0.717) is 11.6 Å². The van der Waals surface area contributed by atoms with Gasteiger partial charge in [-0.15, -0.1) is 0 Å². The summed E-state index contributed by atoms with van der Waals surface area (Å²) in [5.41, 5.74) is 0.106. The molecule has 23 heavy (non-hydrogen) atoms. The van der Waals surface area contributed by atoms with Crippen LogP contribution in [0.3, 0.4) is 0 Å². The fraction of sp³-hybridized carbons (Fsp3) is 0.615. The number of aromatic nitrogens is 4. The Bertz CT molecular complexity index is 757. The van der Waals surface area contributed by atoms with E-state index in [1.54, 1.807) is 19.0 Å². The summed E-state index contributed by atoms with van der Waals surface area (Å²) in [5.74, 6) is 0.371. The summed E-state index contributed by atoms with van der Waals surface area (Å²) in [5, 5.41) is 19.4. The molecule has 4 atom stereocenters. The first kappa shape index (κ1) is 15.9. The zero-order valence-corrected chi connectivity index (χ0v) is 13.0. The van der Waals surface area contributed by atoms with Crippen LogP contribution in [0.15, 0.2) is 11.1 Å². The van der Waals surface area contributed by atoms with E-state index in [9.17, 15) is 15.0 Å². The van der Waals surface area contributed by atoms with Gasteiger partial charge in [0.15, 0.2) is 17.4 Å². The van der Waals surface area contributed by atoms with E-state index in [4.69, 9.17) is 9.47 Å².